The van der Waals surface area contributed by atoms with E-state index in [1.165, 1.54) is 38.6 Å². The highest BCUT2D eigenvalue weighted by Gasteiger charge is 2.35. The minimum atomic E-state index is -0.773. The van der Waals surface area contributed by atoms with E-state index < -0.39 is 11.5 Å². The molecule has 2 N–H and O–H groups in total. The highest BCUT2D eigenvalue weighted by molar-refractivity contribution is 5.78. The highest BCUT2D eigenvalue weighted by Crippen LogP contribution is 2.36. The molecule has 0 spiro atoms. The largest absolute Gasteiger partial charge is 0.480 e. The van der Waals surface area contributed by atoms with Crippen molar-refractivity contribution in [3.63, 3.8) is 0 Å². The molecule has 0 aromatic rings. The van der Waals surface area contributed by atoms with Crippen LogP contribution in [0.2, 0.25) is 0 Å². The topological polar surface area (TPSA) is 52.6 Å². The molecule has 2 aliphatic rings. The van der Waals surface area contributed by atoms with Gasteiger partial charge in [-0.3, -0.25) is 4.79 Å². The van der Waals surface area contributed by atoms with Gasteiger partial charge in [-0.15, -0.1) is 0 Å². The quantitative estimate of drug-likeness (QED) is 0.774. The number of carbonyl (C=O) groups is 1. The average Bonchev–Trinajstić information content (AvgIpc) is 2.87. The van der Waals surface area contributed by atoms with Crippen molar-refractivity contribution in [2.45, 2.75) is 63.5 Å². The molecule has 4 nitrogen and oxygen atoms in total. The number of carboxylic acid groups (broad SMARTS) is 1. The van der Waals surface area contributed by atoms with E-state index in [2.05, 4.69) is 10.2 Å². The molecule has 0 aromatic carbocycles. The number of carboxylic acids is 1. The number of fused-ring (bicyclic) bond motifs is 1. The van der Waals surface area contributed by atoms with E-state index in [1.807, 2.05) is 0 Å². The Balaban J connectivity index is 1.80. The zero-order valence-electron chi connectivity index (χ0n) is 12.3. The van der Waals surface area contributed by atoms with E-state index in [4.69, 9.17) is 0 Å². The van der Waals surface area contributed by atoms with Crippen LogP contribution in [0.3, 0.4) is 0 Å². The number of hydrogen-bond donors (Lipinski definition) is 2. The van der Waals surface area contributed by atoms with E-state index in [-0.39, 0.29) is 0 Å². The maximum atomic E-state index is 11.2. The summed E-state index contributed by atoms with van der Waals surface area (Å²) in [5, 5.41) is 12.2. The molecule has 2 rings (SSSR count). The zero-order chi connectivity index (χ0) is 13.9. The second kappa shape index (κ2) is 6.23. The molecule has 110 valence electrons. The van der Waals surface area contributed by atoms with Crippen LogP contribution < -0.4 is 5.32 Å². The van der Waals surface area contributed by atoms with Gasteiger partial charge in [0.2, 0.25) is 0 Å². The second-order valence-corrected chi connectivity index (χ2v) is 6.43. The molecule has 1 saturated carbocycles. The second-order valence-electron chi connectivity index (χ2n) is 6.43. The minimum Gasteiger partial charge on any atom is -0.480 e. The molecule has 0 bridgehead atoms. The van der Waals surface area contributed by atoms with Crippen LogP contribution >= 0.6 is 0 Å². The van der Waals surface area contributed by atoms with E-state index in [0.29, 0.717) is 6.42 Å². The van der Waals surface area contributed by atoms with Crippen LogP contribution in [0.5, 0.6) is 0 Å². The van der Waals surface area contributed by atoms with Gasteiger partial charge in [0.25, 0.3) is 0 Å². The first-order valence-electron chi connectivity index (χ1n) is 7.73. The number of aliphatic carboxylic acids is 1. The number of likely N-dealkylation sites (N-methyl/N-ethyl adjacent to an activating group) is 1. The predicted octanol–water partition coefficient (Wildman–Crippen LogP) is 2.09. The van der Waals surface area contributed by atoms with Crippen molar-refractivity contribution >= 4 is 5.97 Å². The summed E-state index contributed by atoms with van der Waals surface area (Å²) in [7, 11) is 1.74. The Kier molecular flexibility index (Phi) is 4.85. The van der Waals surface area contributed by atoms with Crippen LogP contribution in [0.15, 0.2) is 0 Å². The van der Waals surface area contributed by atoms with Crippen LogP contribution in [0.25, 0.3) is 0 Å². The first kappa shape index (κ1) is 14.8. The number of nitrogens with zero attached hydrogens (tertiary/aromatic N) is 1. The SMILES string of the molecule is CNC(C)(CCCN1CCCC2CCCC21)C(=O)O. The number of likely N-dealkylation sites (tertiary alicyclic amines) is 1. The maximum absolute atomic E-state index is 11.2. The van der Waals surface area contributed by atoms with Gasteiger partial charge in [-0.1, -0.05) is 6.42 Å². The van der Waals surface area contributed by atoms with Crippen molar-refractivity contribution in [2.24, 2.45) is 5.92 Å². The Labute approximate surface area is 116 Å². The van der Waals surface area contributed by atoms with Gasteiger partial charge in [0, 0.05) is 6.04 Å². The number of nitrogens with one attached hydrogen (secondary N) is 1. The first-order chi connectivity index (χ1) is 9.07. The molecule has 3 unspecified atom stereocenters. The van der Waals surface area contributed by atoms with Crippen LogP contribution in [0.1, 0.15) is 51.9 Å². The number of piperidine rings is 1. The monoisotopic (exact) mass is 268 g/mol. The molecule has 1 aliphatic heterocycles. The van der Waals surface area contributed by atoms with Crippen LogP contribution in [0.4, 0.5) is 0 Å². The van der Waals surface area contributed by atoms with Crippen molar-refractivity contribution in [3.8, 4) is 0 Å². The fraction of sp³-hybridized carbons (Fsp3) is 0.933. The van der Waals surface area contributed by atoms with Gasteiger partial charge >= 0.3 is 5.97 Å². The van der Waals surface area contributed by atoms with Crippen molar-refractivity contribution < 1.29 is 9.90 Å². The molecule has 19 heavy (non-hydrogen) atoms. The third-order valence-electron chi connectivity index (χ3n) is 5.25. The fourth-order valence-corrected chi connectivity index (χ4v) is 3.81. The summed E-state index contributed by atoms with van der Waals surface area (Å²) in [4.78, 5) is 13.9. The molecule has 0 aromatic heterocycles. The van der Waals surface area contributed by atoms with E-state index >= 15 is 0 Å². The smallest absolute Gasteiger partial charge is 0.323 e. The molecular formula is C15H28N2O2. The Hall–Kier alpha value is -0.610. The van der Waals surface area contributed by atoms with E-state index in [1.54, 1.807) is 14.0 Å². The first-order valence-corrected chi connectivity index (χ1v) is 7.73. The Morgan fingerprint density at radius 2 is 2.11 bits per heavy atom. The van der Waals surface area contributed by atoms with Crippen LogP contribution in [-0.2, 0) is 4.79 Å². The van der Waals surface area contributed by atoms with E-state index in [0.717, 1.165) is 24.9 Å². The lowest BCUT2D eigenvalue weighted by atomic mass is 9.91. The summed E-state index contributed by atoms with van der Waals surface area (Å²) in [6.07, 6.45) is 8.54. The summed E-state index contributed by atoms with van der Waals surface area (Å²) in [5.74, 6) is 0.177. The Bertz CT molecular complexity index is 321. The molecule has 1 saturated heterocycles. The average molecular weight is 268 g/mol. The lowest BCUT2D eigenvalue weighted by Gasteiger charge is -2.38. The Morgan fingerprint density at radius 3 is 2.79 bits per heavy atom. The molecule has 2 fully saturated rings. The molecular weight excluding hydrogens is 240 g/mol. The van der Waals surface area contributed by atoms with Crippen molar-refractivity contribution in [2.75, 3.05) is 20.1 Å². The van der Waals surface area contributed by atoms with Gasteiger partial charge in [-0.25, -0.2) is 0 Å². The third-order valence-corrected chi connectivity index (χ3v) is 5.25. The van der Waals surface area contributed by atoms with Gasteiger partial charge in [0.05, 0.1) is 0 Å². The molecule has 4 heteroatoms. The van der Waals surface area contributed by atoms with Crippen molar-refractivity contribution in [3.05, 3.63) is 0 Å². The standard InChI is InChI=1S/C15H28N2O2/c1-15(16-2,14(18)19)9-5-11-17-10-4-7-12-6-3-8-13(12)17/h12-13,16H,3-11H2,1-2H3,(H,18,19). The summed E-state index contributed by atoms with van der Waals surface area (Å²) < 4.78 is 0. The molecule has 0 amide bonds. The van der Waals surface area contributed by atoms with Gasteiger partial charge in [-0.2, -0.15) is 0 Å². The van der Waals surface area contributed by atoms with E-state index in [9.17, 15) is 9.90 Å². The lowest BCUT2D eigenvalue weighted by molar-refractivity contribution is -0.144. The van der Waals surface area contributed by atoms with Crippen LogP contribution in [0, 0.1) is 5.92 Å². The van der Waals surface area contributed by atoms with Gasteiger partial charge in [0.1, 0.15) is 5.54 Å². The third kappa shape index (κ3) is 3.29. The van der Waals surface area contributed by atoms with Gasteiger partial charge < -0.3 is 15.3 Å². The lowest BCUT2D eigenvalue weighted by Crippen LogP contribution is -2.48. The normalized spacial score (nSPS) is 30.8. The van der Waals surface area contributed by atoms with Crippen molar-refractivity contribution in [1.29, 1.82) is 0 Å². The van der Waals surface area contributed by atoms with Gasteiger partial charge in [-0.05, 0) is 71.5 Å². The molecule has 0 radical (unpaired) electrons. The molecule has 3 atom stereocenters. The highest BCUT2D eigenvalue weighted by atomic mass is 16.4. The summed E-state index contributed by atoms with van der Waals surface area (Å²) in [6, 6.07) is 0.791. The fourth-order valence-electron chi connectivity index (χ4n) is 3.81. The van der Waals surface area contributed by atoms with Crippen molar-refractivity contribution in [1.82, 2.24) is 10.2 Å². The van der Waals surface area contributed by atoms with Crippen LogP contribution in [-0.4, -0.2) is 47.7 Å². The number of rotatable bonds is 6. The summed E-state index contributed by atoms with van der Waals surface area (Å²) >= 11 is 0. The zero-order valence-corrected chi connectivity index (χ0v) is 12.3. The predicted molar refractivity (Wildman–Crippen MR) is 76.3 cm³/mol. The molecule has 1 aliphatic carbocycles. The Morgan fingerprint density at radius 1 is 1.37 bits per heavy atom. The minimum absolute atomic E-state index is 0.701. The summed E-state index contributed by atoms with van der Waals surface area (Å²) in [6.45, 7) is 4.06. The summed E-state index contributed by atoms with van der Waals surface area (Å²) in [5.41, 5.74) is -0.773. The molecule has 1 heterocycles. The van der Waals surface area contributed by atoms with Gasteiger partial charge in [0.15, 0.2) is 0 Å². The number of hydrogen-bond acceptors (Lipinski definition) is 3. The maximum Gasteiger partial charge on any atom is 0.323 e.